The minimum atomic E-state index is -0.370. The third-order valence-corrected chi connectivity index (χ3v) is 11.1. The summed E-state index contributed by atoms with van der Waals surface area (Å²) in [5.41, 5.74) is 4.44. The summed E-state index contributed by atoms with van der Waals surface area (Å²) < 4.78 is 25.8. The zero-order valence-corrected chi connectivity index (χ0v) is 28.5. The van der Waals surface area contributed by atoms with Crippen LogP contribution in [-0.2, 0) is 0 Å². The largest absolute Gasteiger partial charge is 0.471 e. The van der Waals surface area contributed by atoms with Crippen molar-refractivity contribution in [3.63, 3.8) is 0 Å². The number of likely N-dealkylation sites (tertiary alicyclic amines) is 1. The maximum atomic E-state index is 17.2. The topological polar surface area (TPSA) is 91.9 Å². The van der Waals surface area contributed by atoms with Gasteiger partial charge in [0.05, 0.1) is 17.7 Å². The van der Waals surface area contributed by atoms with Crippen molar-refractivity contribution in [2.24, 2.45) is 0 Å². The fourth-order valence-electron chi connectivity index (χ4n) is 8.46. The number of hydrogen-bond acceptors (Lipinski definition) is 7. The van der Waals surface area contributed by atoms with Crippen LogP contribution in [0.15, 0.2) is 66.7 Å². The molecule has 7 aromatic rings. The van der Waals surface area contributed by atoms with Gasteiger partial charge in [-0.2, -0.15) is 5.26 Å². The smallest absolute Gasteiger partial charge is 0.245 e. The second kappa shape index (κ2) is 12.0. The van der Waals surface area contributed by atoms with Gasteiger partial charge in [0.15, 0.2) is 11.3 Å². The second-order valence-electron chi connectivity index (χ2n) is 14.2. The predicted molar refractivity (Wildman–Crippen MR) is 197 cm³/mol. The van der Waals surface area contributed by atoms with Gasteiger partial charge in [0, 0.05) is 22.4 Å². The van der Waals surface area contributed by atoms with Crippen molar-refractivity contribution in [2.45, 2.75) is 57.7 Å². The summed E-state index contributed by atoms with van der Waals surface area (Å²) in [6, 6.07) is 25.2. The Labute approximate surface area is 289 Å². The van der Waals surface area contributed by atoms with Crippen LogP contribution in [0.2, 0.25) is 0 Å². The Balaban J connectivity index is 1.21. The molecule has 0 aliphatic carbocycles. The maximum Gasteiger partial charge on any atom is 0.245 e. The first-order chi connectivity index (χ1) is 24.4. The van der Waals surface area contributed by atoms with Crippen molar-refractivity contribution in [3.05, 3.63) is 83.7 Å². The molecule has 250 valence electrons. The molecule has 0 spiro atoms. The Bertz CT molecular complexity index is 2530. The van der Waals surface area contributed by atoms with Gasteiger partial charge < -0.3 is 10.1 Å². The molecule has 2 aliphatic rings. The molecule has 2 saturated heterocycles. The molecule has 0 radical (unpaired) electrons. The molecule has 2 fully saturated rings. The molecule has 2 aromatic heterocycles. The average molecular weight is 664 g/mol. The standard InChI is InChI=1S/C41H38FN7O/c1-23-16-34-38(45-41(50-24(2)35-8-5-15-48(35)3)39-40(34)49(47-46-39)32-11-13-44-14-12-32)37(42)36(23)27-10-9-25-17-31-21-33-26(6-4-7-28(33)22-43)18-30(31)20-29(25)19-27/h4,6-7,9-10,16-21,24,32,35,44H,5,8,11-15H2,1-3H3/t24-,35?/m0/s1. The van der Waals surface area contributed by atoms with Crippen molar-refractivity contribution in [2.75, 3.05) is 26.7 Å². The molecule has 9 heteroatoms. The van der Waals surface area contributed by atoms with E-state index in [-0.39, 0.29) is 29.5 Å². The number of aryl methyl sites for hydroxylation is 1. The summed E-state index contributed by atoms with van der Waals surface area (Å²) in [4.78, 5) is 7.23. The number of nitrogens with zero attached hydrogens (tertiary/aromatic N) is 6. The highest BCUT2D eigenvalue weighted by Crippen LogP contribution is 2.40. The molecule has 9 rings (SSSR count). The number of halogens is 1. The molecule has 0 saturated carbocycles. The molecule has 50 heavy (non-hydrogen) atoms. The zero-order chi connectivity index (χ0) is 34.1. The number of rotatable bonds is 5. The molecule has 1 unspecified atom stereocenters. The lowest BCUT2D eigenvalue weighted by atomic mass is 9.93. The quantitative estimate of drug-likeness (QED) is 0.186. The van der Waals surface area contributed by atoms with E-state index in [1.807, 2.05) is 41.9 Å². The highest BCUT2D eigenvalue weighted by atomic mass is 19.1. The Kier molecular flexibility index (Phi) is 7.41. The Morgan fingerprint density at radius 1 is 0.920 bits per heavy atom. The Hall–Kier alpha value is -5.17. The summed E-state index contributed by atoms with van der Waals surface area (Å²) >= 11 is 0. The molecule has 4 heterocycles. The van der Waals surface area contributed by atoms with Crippen molar-refractivity contribution in [1.29, 1.82) is 5.26 Å². The highest BCUT2D eigenvalue weighted by Gasteiger charge is 2.31. The lowest BCUT2D eigenvalue weighted by Crippen LogP contribution is -2.38. The van der Waals surface area contributed by atoms with Crippen LogP contribution in [0.25, 0.3) is 65.4 Å². The number of fused-ring (bicyclic) bond motifs is 6. The van der Waals surface area contributed by atoms with Crippen LogP contribution in [0.1, 0.15) is 49.8 Å². The predicted octanol–water partition coefficient (Wildman–Crippen LogP) is 8.21. The lowest BCUT2D eigenvalue weighted by molar-refractivity contribution is 0.118. The summed E-state index contributed by atoms with van der Waals surface area (Å²) in [5.74, 6) is -0.0310. The number of nitrogens with one attached hydrogen (secondary N) is 1. The summed E-state index contributed by atoms with van der Waals surface area (Å²) in [5, 5.41) is 29.2. The molecule has 8 nitrogen and oxygen atoms in total. The fourth-order valence-corrected chi connectivity index (χ4v) is 8.46. The molecule has 2 aliphatic heterocycles. The van der Waals surface area contributed by atoms with Gasteiger partial charge in [-0.1, -0.05) is 29.5 Å². The number of ether oxygens (including phenoxy) is 1. The number of piperidine rings is 1. The van der Waals surface area contributed by atoms with E-state index in [0.717, 1.165) is 94.3 Å². The van der Waals surface area contributed by atoms with E-state index in [2.05, 4.69) is 77.0 Å². The van der Waals surface area contributed by atoms with Gasteiger partial charge in [-0.3, -0.25) is 4.90 Å². The minimum absolute atomic E-state index is 0.147. The van der Waals surface area contributed by atoms with Crippen LogP contribution in [0.4, 0.5) is 4.39 Å². The van der Waals surface area contributed by atoms with E-state index >= 15 is 4.39 Å². The van der Waals surface area contributed by atoms with Gasteiger partial charge in [0.2, 0.25) is 5.88 Å². The third kappa shape index (κ3) is 4.97. The monoisotopic (exact) mass is 663 g/mol. The summed E-state index contributed by atoms with van der Waals surface area (Å²) in [6.45, 7) is 6.86. The normalized spacial score (nSPS) is 18.1. The number of nitriles is 1. The first kappa shape index (κ1) is 30.9. The molecule has 0 bridgehead atoms. The number of benzene rings is 5. The van der Waals surface area contributed by atoms with E-state index in [9.17, 15) is 5.26 Å². The Morgan fingerprint density at radius 3 is 2.50 bits per heavy atom. The van der Waals surface area contributed by atoms with Gasteiger partial charge >= 0.3 is 0 Å². The number of likely N-dealkylation sites (N-methyl/N-ethyl adjacent to an activating group) is 1. The van der Waals surface area contributed by atoms with Gasteiger partial charge in [0.25, 0.3) is 0 Å². The van der Waals surface area contributed by atoms with E-state index in [0.29, 0.717) is 27.9 Å². The molecular formula is C41H38FN7O. The van der Waals surface area contributed by atoms with E-state index < -0.39 is 0 Å². The zero-order valence-electron chi connectivity index (χ0n) is 28.5. The van der Waals surface area contributed by atoms with E-state index in [1.54, 1.807) is 0 Å². The molecular weight excluding hydrogens is 625 g/mol. The van der Waals surface area contributed by atoms with Crippen LogP contribution in [0, 0.1) is 24.1 Å². The molecule has 2 atom stereocenters. The number of aromatic nitrogens is 4. The number of pyridine rings is 1. The molecule has 0 amide bonds. The van der Waals surface area contributed by atoms with Crippen LogP contribution in [0.5, 0.6) is 5.88 Å². The SMILES string of the molecule is Cc1cc2c(nc(O[C@@H](C)C3CCCN3C)c3nnn(C4CCNCC4)c32)c(F)c1-c1ccc2cc3cc4c(C#N)cccc4cc3cc2c1. The van der Waals surface area contributed by atoms with Crippen molar-refractivity contribution in [3.8, 4) is 23.1 Å². The maximum absolute atomic E-state index is 17.2. The summed E-state index contributed by atoms with van der Waals surface area (Å²) in [6.07, 6.45) is 3.86. The van der Waals surface area contributed by atoms with E-state index in [4.69, 9.17) is 9.72 Å². The second-order valence-corrected chi connectivity index (χ2v) is 14.2. The van der Waals surface area contributed by atoms with Crippen molar-refractivity contribution >= 4 is 54.3 Å². The molecule has 1 N–H and O–H groups in total. The third-order valence-electron chi connectivity index (χ3n) is 11.1. The van der Waals surface area contributed by atoms with Crippen LogP contribution in [0.3, 0.4) is 0 Å². The summed E-state index contributed by atoms with van der Waals surface area (Å²) in [7, 11) is 2.13. The van der Waals surface area contributed by atoms with Crippen LogP contribution in [-0.4, -0.2) is 63.7 Å². The molecule has 5 aromatic carbocycles. The minimum Gasteiger partial charge on any atom is -0.471 e. The number of hydrogen-bond donors (Lipinski definition) is 1. The van der Waals surface area contributed by atoms with Gasteiger partial charge in [-0.25, -0.2) is 14.1 Å². The lowest BCUT2D eigenvalue weighted by Gasteiger charge is -2.27. The van der Waals surface area contributed by atoms with Gasteiger partial charge in [-0.15, -0.1) is 5.10 Å². The van der Waals surface area contributed by atoms with Crippen LogP contribution >= 0.6 is 0 Å². The fraction of sp³-hybridized carbons (Fsp3) is 0.317. The van der Waals surface area contributed by atoms with Crippen molar-refractivity contribution < 1.29 is 9.13 Å². The average Bonchev–Trinajstić information content (AvgIpc) is 3.78. The Morgan fingerprint density at radius 2 is 1.70 bits per heavy atom. The van der Waals surface area contributed by atoms with Gasteiger partial charge in [-0.05, 0) is 147 Å². The van der Waals surface area contributed by atoms with Crippen LogP contribution < -0.4 is 10.1 Å². The highest BCUT2D eigenvalue weighted by molar-refractivity contribution is 6.08. The first-order valence-corrected chi connectivity index (χ1v) is 17.6. The van der Waals surface area contributed by atoms with Crippen molar-refractivity contribution in [1.82, 2.24) is 30.2 Å². The van der Waals surface area contributed by atoms with E-state index in [1.165, 1.54) is 0 Å². The van der Waals surface area contributed by atoms with Gasteiger partial charge in [0.1, 0.15) is 17.1 Å². The first-order valence-electron chi connectivity index (χ1n) is 17.6.